The van der Waals surface area contributed by atoms with Gasteiger partial charge in [-0.05, 0) is 39.7 Å². The van der Waals surface area contributed by atoms with Crippen molar-refractivity contribution < 1.29 is 9.47 Å². The number of nitrogens with two attached hydrogens (primary N) is 1. The lowest BCUT2D eigenvalue weighted by molar-refractivity contribution is 0.354. The Balaban J connectivity index is 1.92. The van der Waals surface area contributed by atoms with E-state index in [0.717, 1.165) is 10.0 Å². The molecule has 0 spiro atoms. The Labute approximate surface area is 142 Å². The molecule has 118 valence electrons. The summed E-state index contributed by atoms with van der Waals surface area (Å²) < 4.78 is 11.6. The number of hydrogen-bond donors (Lipinski definition) is 2. The number of ether oxygens (including phenoxy) is 2. The molecule has 1 aromatic carbocycles. The molecule has 2 aromatic rings. The molecule has 0 radical (unpaired) electrons. The van der Waals surface area contributed by atoms with Gasteiger partial charge >= 0.3 is 0 Å². The zero-order valence-corrected chi connectivity index (χ0v) is 14.8. The van der Waals surface area contributed by atoms with Crippen LogP contribution in [0.1, 0.15) is 10.4 Å². The zero-order valence-electron chi connectivity index (χ0n) is 12.4. The van der Waals surface area contributed by atoms with E-state index < -0.39 is 0 Å². The standard InChI is InChI=1S/C15H18BrN3O2S/c1-20-13-4-3-10(5-14(13)21-2)7-18-15(17)19-8-12-6-11(16)9-22-12/h3-6,9H,7-8H2,1-2H3,(H3,17,18,19). The maximum atomic E-state index is 5.88. The van der Waals surface area contributed by atoms with Crippen LogP contribution >= 0.6 is 27.3 Å². The van der Waals surface area contributed by atoms with Gasteiger partial charge in [-0.2, -0.15) is 0 Å². The van der Waals surface area contributed by atoms with Crippen molar-refractivity contribution in [3.63, 3.8) is 0 Å². The molecule has 0 saturated heterocycles. The predicted molar refractivity (Wildman–Crippen MR) is 93.7 cm³/mol. The molecule has 0 saturated carbocycles. The first kappa shape index (κ1) is 16.6. The Morgan fingerprint density at radius 3 is 2.68 bits per heavy atom. The quantitative estimate of drug-likeness (QED) is 0.593. The number of methoxy groups -OCH3 is 2. The van der Waals surface area contributed by atoms with Gasteiger partial charge in [-0.3, -0.25) is 0 Å². The average molecular weight is 384 g/mol. The molecule has 0 fully saturated rings. The minimum Gasteiger partial charge on any atom is -0.493 e. The van der Waals surface area contributed by atoms with E-state index in [1.54, 1.807) is 25.6 Å². The normalized spacial score (nSPS) is 11.3. The molecule has 0 amide bonds. The fraction of sp³-hybridized carbons (Fsp3) is 0.267. The Hall–Kier alpha value is -1.73. The molecule has 0 aliphatic rings. The second-order valence-electron chi connectivity index (χ2n) is 4.48. The largest absolute Gasteiger partial charge is 0.493 e. The van der Waals surface area contributed by atoms with Crippen LogP contribution < -0.4 is 20.5 Å². The molecule has 22 heavy (non-hydrogen) atoms. The molecule has 0 unspecified atom stereocenters. The van der Waals surface area contributed by atoms with Gasteiger partial charge in [-0.25, -0.2) is 4.99 Å². The molecule has 0 aliphatic carbocycles. The third kappa shape index (κ3) is 4.64. The second kappa shape index (κ2) is 8.05. The van der Waals surface area contributed by atoms with Crippen molar-refractivity contribution in [2.45, 2.75) is 13.1 Å². The van der Waals surface area contributed by atoms with Crippen molar-refractivity contribution >= 4 is 33.2 Å². The summed E-state index contributed by atoms with van der Waals surface area (Å²) >= 11 is 5.09. The summed E-state index contributed by atoms with van der Waals surface area (Å²) in [6.07, 6.45) is 0. The van der Waals surface area contributed by atoms with Gasteiger partial charge in [-0.15, -0.1) is 11.3 Å². The molecular weight excluding hydrogens is 366 g/mol. The first-order valence-electron chi connectivity index (χ1n) is 6.60. The van der Waals surface area contributed by atoms with Crippen molar-refractivity contribution in [3.8, 4) is 11.5 Å². The van der Waals surface area contributed by atoms with Gasteiger partial charge < -0.3 is 20.5 Å². The number of halogens is 1. The van der Waals surface area contributed by atoms with Crippen LogP contribution in [0.4, 0.5) is 0 Å². The van der Waals surface area contributed by atoms with Gasteiger partial charge in [0.2, 0.25) is 0 Å². The molecule has 3 N–H and O–H groups in total. The van der Waals surface area contributed by atoms with Crippen LogP contribution in [0.25, 0.3) is 0 Å². The highest BCUT2D eigenvalue weighted by Crippen LogP contribution is 2.27. The highest BCUT2D eigenvalue weighted by atomic mass is 79.9. The van der Waals surface area contributed by atoms with Crippen molar-refractivity contribution in [1.29, 1.82) is 0 Å². The molecule has 0 aliphatic heterocycles. The lowest BCUT2D eigenvalue weighted by Crippen LogP contribution is -2.30. The third-order valence-electron chi connectivity index (χ3n) is 2.95. The van der Waals surface area contributed by atoms with Gasteiger partial charge in [0.15, 0.2) is 17.5 Å². The fourth-order valence-corrected chi connectivity index (χ4v) is 3.23. The highest BCUT2D eigenvalue weighted by Gasteiger charge is 2.04. The van der Waals surface area contributed by atoms with E-state index in [9.17, 15) is 0 Å². The van der Waals surface area contributed by atoms with Crippen LogP contribution in [0.15, 0.2) is 39.1 Å². The summed E-state index contributed by atoms with van der Waals surface area (Å²) in [6, 6.07) is 7.75. The van der Waals surface area contributed by atoms with E-state index in [1.807, 2.05) is 23.6 Å². The van der Waals surface area contributed by atoms with Crippen LogP contribution in [0.5, 0.6) is 11.5 Å². The smallest absolute Gasteiger partial charge is 0.189 e. The zero-order chi connectivity index (χ0) is 15.9. The number of guanidine groups is 1. The Bertz CT molecular complexity index is 658. The van der Waals surface area contributed by atoms with E-state index in [-0.39, 0.29) is 0 Å². The minimum atomic E-state index is 0.416. The molecule has 0 bridgehead atoms. The Kier molecular flexibility index (Phi) is 6.09. The number of thiophene rings is 1. The van der Waals surface area contributed by atoms with Gasteiger partial charge in [0, 0.05) is 14.7 Å². The minimum absolute atomic E-state index is 0.416. The van der Waals surface area contributed by atoms with E-state index >= 15 is 0 Å². The number of hydrogen-bond acceptors (Lipinski definition) is 4. The summed E-state index contributed by atoms with van der Waals surface area (Å²) in [4.78, 5) is 5.52. The Morgan fingerprint density at radius 1 is 1.27 bits per heavy atom. The summed E-state index contributed by atoms with van der Waals surface area (Å²) in [5.74, 6) is 1.80. The van der Waals surface area contributed by atoms with E-state index in [2.05, 4.69) is 32.3 Å². The number of aliphatic imine (C=N–C) groups is 1. The maximum absolute atomic E-state index is 5.88. The molecule has 5 nitrogen and oxygen atoms in total. The maximum Gasteiger partial charge on any atom is 0.189 e. The second-order valence-corrected chi connectivity index (χ2v) is 6.39. The van der Waals surface area contributed by atoms with E-state index in [4.69, 9.17) is 15.2 Å². The molecule has 7 heteroatoms. The van der Waals surface area contributed by atoms with Crippen LogP contribution in [0.3, 0.4) is 0 Å². The lowest BCUT2D eigenvalue weighted by Gasteiger charge is -2.09. The summed E-state index contributed by atoms with van der Waals surface area (Å²) in [6.45, 7) is 1.14. The number of rotatable bonds is 6. The summed E-state index contributed by atoms with van der Waals surface area (Å²) in [5.41, 5.74) is 6.88. The van der Waals surface area contributed by atoms with Crippen molar-refractivity contribution in [2.24, 2.45) is 10.7 Å². The number of benzene rings is 1. The third-order valence-corrected chi connectivity index (χ3v) is 4.64. The molecule has 0 atom stereocenters. The van der Waals surface area contributed by atoms with Crippen LogP contribution in [0.2, 0.25) is 0 Å². The van der Waals surface area contributed by atoms with Crippen LogP contribution in [-0.4, -0.2) is 20.2 Å². The van der Waals surface area contributed by atoms with Crippen molar-refractivity contribution in [2.75, 3.05) is 14.2 Å². The predicted octanol–water partition coefficient (Wildman–Crippen LogP) is 3.13. The van der Waals surface area contributed by atoms with E-state index in [1.165, 1.54) is 4.88 Å². The van der Waals surface area contributed by atoms with E-state index in [0.29, 0.717) is 30.5 Å². The molecular formula is C15H18BrN3O2S. The topological polar surface area (TPSA) is 68.9 Å². The van der Waals surface area contributed by atoms with Gasteiger partial charge in [0.25, 0.3) is 0 Å². The van der Waals surface area contributed by atoms with Crippen LogP contribution in [-0.2, 0) is 13.1 Å². The number of nitrogens with zero attached hydrogens (tertiary/aromatic N) is 1. The lowest BCUT2D eigenvalue weighted by atomic mass is 10.2. The van der Waals surface area contributed by atoms with Gasteiger partial charge in [0.05, 0.1) is 27.3 Å². The Morgan fingerprint density at radius 2 is 2.05 bits per heavy atom. The first-order chi connectivity index (χ1) is 10.6. The molecule has 1 heterocycles. The van der Waals surface area contributed by atoms with Crippen molar-refractivity contribution in [1.82, 2.24) is 5.32 Å². The first-order valence-corrected chi connectivity index (χ1v) is 8.27. The molecule has 1 aromatic heterocycles. The highest BCUT2D eigenvalue weighted by molar-refractivity contribution is 9.10. The summed E-state index contributed by atoms with van der Waals surface area (Å²) in [5, 5.41) is 5.13. The van der Waals surface area contributed by atoms with Crippen LogP contribution in [0, 0.1) is 0 Å². The average Bonchev–Trinajstić information content (AvgIpc) is 2.96. The molecule has 2 rings (SSSR count). The van der Waals surface area contributed by atoms with Crippen molar-refractivity contribution in [3.05, 3.63) is 44.6 Å². The number of nitrogens with one attached hydrogen (secondary N) is 1. The summed E-state index contributed by atoms with van der Waals surface area (Å²) in [7, 11) is 3.22. The monoisotopic (exact) mass is 383 g/mol. The fourth-order valence-electron chi connectivity index (χ4n) is 1.84. The van der Waals surface area contributed by atoms with Gasteiger partial charge in [0.1, 0.15) is 0 Å². The van der Waals surface area contributed by atoms with Gasteiger partial charge in [-0.1, -0.05) is 6.07 Å². The SMILES string of the molecule is COc1ccc(CN=C(N)NCc2cc(Br)cs2)cc1OC.